The molecule has 0 bridgehead atoms. The van der Waals surface area contributed by atoms with Crippen molar-refractivity contribution in [3.05, 3.63) is 133 Å². The van der Waals surface area contributed by atoms with Crippen molar-refractivity contribution in [2.24, 2.45) is 0 Å². The van der Waals surface area contributed by atoms with Gasteiger partial charge in [-0.25, -0.2) is 9.59 Å². The number of amides is 2. The molecule has 0 spiro atoms. The van der Waals surface area contributed by atoms with Crippen LogP contribution in [0, 0.1) is 0 Å². The molecule has 2 amide bonds. The summed E-state index contributed by atoms with van der Waals surface area (Å²) in [5.74, 6) is 1.35. The summed E-state index contributed by atoms with van der Waals surface area (Å²) >= 11 is 0. The molecule has 0 saturated carbocycles. The highest BCUT2D eigenvalue weighted by atomic mass is 16.6. The Labute approximate surface area is 302 Å². The van der Waals surface area contributed by atoms with Crippen molar-refractivity contribution in [2.45, 2.75) is 38.9 Å². The maximum atomic E-state index is 13.0. The second-order valence-electron chi connectivity index (χ2n) is 12.5. The average Bonchev–Trinajstić information content (AvgIpc) is 3.18. The lowest BCUT2D eigenvalue weighted by Gasteiger charge is -2.22. The lowest BCUT2D eigenvalue weighted by molar-refractivity contribution is 0.0724. The minimum atomic E-state index is -0.538. The molecule has 7 aromatic carbocycles. The van der Waals surface area contributed by atoms with E-state index in [1.807, 2.05) is 147 Å². The minimum absolute atomic E-state index is 0.158. The molecular formula is C44H40N2O6. The van der Waals surface area contributed by atoms with Crippen LogP contribution in [0.1, 0.15) is 26.7 Å². The smallest absolute Gasteiger partial charge is 0.412 e. The van der Waals surface area contributed by atoms with Gasteiger partial charge in [0.2, 0.25) is 0 Å². The van der Waals surface area contributed by atoms with Gasteiger partial charge in [0.1, 0.15) is 36.9 Å². The van der Waals surface area contributed by atoms with Crippen molar-refractivity contribution < 1.29 is 28.5 Å². The van der Waals surface area contributed by atoms with Crippen LogP contribution in [0.15, 0.2) is 133 Å². The molecule has 7 aromatic rings. The average molecular weight is 693 g/mol. The lowest BCUT2D eigenvalue weighted by Crippen LogP contribution is -2.27. The van der Waals surface area contributed by atoms with Crippen molar-refractivity contribution in [3.63, 3.8) is 0 Å². The van der Waals surface area contributed by atoms with E-state index in [1.165, 1.54) is 0 Å². The summed E-state index contributed by atoms with van der Waals surface area (Å²) in [6, 6.07) is 43.1. The summed E-state index contributed by atoms with van der Waals surface area (Å²) in [6.45, 7) is 4.23. The van der Waals surface area contributed by atoms with E-state index in [0.717, 1.165) is 43.1 Å². The Balaban J connectivity index is 1.06. The van der Waals surface area contributed by atoms with Crippen molar-refractivity contribution in [2.75, 3.05) is 23.8 Å². The molecule has 8 nitrogen and oxygen atoms in total. The highest BCUT2D eigenvalue weighted by molar-refractivity contribution is 6.11. The third-order valence-corrected chi connectivity index (χ3v) is 9.17. The first-order valence-electron chi connectivity index (χ1n) is 17.6. The second kappa shape index (κ2) is 15.7. The molecule has 2 N–H and O–H groups in total. The van der Waals surface area contributed by atoms with Crippen LogP contribution in [0.3, 0.4) is 0 Å². The van der Waals surface area contributed by atoms with Crippen LogP contribution in [-0.2, 0) is 9.47 Å². The van der Waals surface area contributed by atoms with E-state index in [2.05, 4.69) is 10.6 Å². The highest BCUT2D eigenvalue weighted by Gasteiger charge is 2.21. The van der Waals surface area contributed by atoms with Gasteiger partial charge in [-0.2, -0.15) is 0 Å². The predicted octanol–water partition coefficient (Wildman–Crippen LogP) is 11.1. The van der Waals surface area contributed by atoms with Gasteiger partial charge in [-0.05, 0) is 35.7 Å². The quantitative estimate of drug-likeness (QED) is 0.124. The zero-order valence-electron chi connectivity index (χ0n) is 29.1. The fourth-order valence-electron chi connectivity index (χ4n) is 6.43. The molecule has 7 rings (SSSR count). The fraction of sp³-hybridized carbons (Fsp3) is 0.182. The third kappa shape index (κ3) is 7.42. The SMILES string of the molecule is CCC(COc1c2ccccc2c(OCC(CC)OC(=O)Nc2cccc3ccccc23)c2ccccc12)OC(=O)Nc1cccc2ccccc12. The van der Waals surface area contributed by atoms with Gasteiger partial charge < -0.3 is 18.9 Å². The number of ether oxygens (including phenoxy) is 4. The van der Waals surface area contributed by atoms with E-state index in [4.69, 9.17) is 18.9 Å². The van der Waals surface area contributed by atoms with Crippen molar-refractivity contribution in [3.8, 4) is 11.5 Å². The Morgan fingerprint density at radius 3 is 1.15 bits per heavy atom. The first kappa shape index (κ1) is 34.2. The first-order chi connectivity index (χ1) is 25.5. The summed E-state index contributed by atoms with van der Waals surface area (Å²) in [4.78, 5) is 26.1. The summed E-state index contributed by atoms with van der Waals surface area (Å²) in [5.41, 5.74) is 1.38. The summed E-state index contributed by atoms with van der Waals surface area (Å²) in [6.07, 6.45) is -0.941. The van der Waals surface area contributed by atoms with E-state index in [0.29, 0.717) is 35.7 Å². The summed E-state index contributed by atoms with van der Waals surface area (Å²) in [5, 5.41) is 13.2. The van der Waals surface area contributed by atoms with E-state index in [1.54, 1.807) is 0 Å². The maximum absolute atomic E-state index is 13.0. The normalized spacial score (nSPS) is 12.3. The number of carbonyl (C=O) groups is 2. The van der Waals surface area contributed by atoms with E-state index in [9.17, 15) is 9.59 Å². The van der Waals surface area contributed by atoms with E-state index in [-0.39, 0.29) is 13.2 Å². The third-order valence-electron chi connectivity index (χ3n) is 9.17. The molecule has 0 saturated heterocycles. The molecular weight excluding hydrogens is 652 g/mol. The number of hydrogen-bond acceptors (Lipinski definition) is 6. The number of carbonyl (C=O) groups excluding carboxylic acids is 2. The van der Waals surface area contributed by atoms with Crippen molar-refractivity contribution >= 4 is 66.7 Å². The molecule has 0 fully saturated rings. The van der Waals surface area contributed by atoms with Gasteiger partial charge in [-0.3, -0.25) is 10.6 Å². The number of nitrogens with one attached hydrogen (secondary N) is 2. The van der Waals surface area contributed by atoms with Gasteiger partial charge in [0.15, 0.2) is 0 Å². The predicted molar refractivity (Wildman–Crippen MR) is 209 cm³/mol. The van der Waals surface area contributed by atoms with Gasteiger partial charge in [0.05, 0.1) is 11.4 Å². The molecule has 0 heterocycles. The molecule has 0 radical (unpaired) electrons. The number of fused-ring (bicyclic) bond motifs is 4. The van der Waals surface area contributed by atoms with Crippen LogP contribution in [0.4, 0.5) is 21.0 Å². The number of hydrogen-bond donors (Lipinski definition) is 2. The lowest BCUT2D eigenvalue weighted by atomic mass is 10.0. The molecule has 0 aliphatic carbocycles. The number of benzene rings is 7. The van der Waals surface area contributed by atoms with Crippen LogP contribution >= 0.6 is 0 Å². The summed E-state index contributed by atoms with van der Waals surface area (Å²) < 4.78 is 24.7. The second-order valence-corrected chi connectivity index (χ2v) is 12.5. The Morgan fingerprint density at radius 1 is 0.462 bits per heavy atom. The van der Waals surface area contributed by atoms with Crippen LogP contribution in [0.2, 0.25) is 0 Å². The van der Waals surface area contributed by atoms with Crippen molar-refractivity contribution in [1.29, 1.82) is 0 Å². The Kier molecular flexibility index (Phi) is 10.3. The van der Waals surface area contributed by atoms with Crippen LogP contribution in [0.5, 0.6) is 11.5 Å². The number of rotatable bonds is 12. The zero-order chi connectivity index (χ0) is 35.9. The van der Waals surface area contributed by atoms with Crippen LogP contribution in [-0.4, -0.2) is 37.6 Å². The first-order valence-corrected chi connectivity index (χ1v) is 17.6. The molecule has 2 unspecified atom stereocenters. The summed E-state index contributed by atoms with van der Waals surface area (Å²) in [7, 11) is 0. The van der Waals surface area contributed by atoms with Crippen molar-refractivity contribution in [1.82, 2.24) is 0 Å². The van der Waals surface area contributed by atoms with Gasteiger partial charge >= 0.3 is 12.2 Å². The molecule has 262 valence electrons. The standard InChI is InChI=1S/C44H40N2O6/c1-3-31(51-43(47)45-39-25-13-17-29-15-5-7-19-33(29)39)27-49-41-35-21-9-11-23-37(35)42(38-24-12-10-22-36(38)41)50-28-32(4-2)52-44(48)46-40-26-14-18-30-16-6-8-20-34(30)40/h5-26,31-32H,3-4,27-28H2,1-2H3,(H,45,47)(H,46,48). The molecule has 0 aliphatic rings. The minimum Gasteiger partial charge on any atom is -0.488 e. The Morgan fingerprint density at radius 2 is 0.788 bits per heavy atom. The number of anilines is 2. The highest BCUT2D eigenvalue weighted by Crippen LogP contribution is 2.43. The van der Waals surface area contributed by atoms with Crippen LogP contribution < -0.4 is 20.1 Å². The fourth-order valence-corrected chi connectivity index (χ4v) is 6.43. The van der Waals surface area contributed by atoms with Gasteiger partial charge in [0.25, 0.3) is 0 Å². The largest absolute Gasteiger partial charge is 0.488 e. The van der Waals surface area contributed by atoms with Gasteiger partial charge in [0, 0.05) is 32.3 Å². The topological polar surface area (TPSA) is 95.1 Å². The molecule has 52 heavy (non-hydrogen) atoms. The van der Waals surface area contributed by atoms with Crippen LogP contribution in [0.25, 0.3) is 43.1 Å². The molecule has 8 heteroatoms. The molecule has 2 atom stereocenters. The Bertz CT molecular complexity index is 2140. The van der Waals surface area contributed by atoms with Gasteiger partial charge in [-0.15, -0.1) is 0 Å². The monoisotopic (exact) mass is 692 g/mol. The van der Waals surface area contributed by atoms with E-state index >= 15 is 0 Å². The van der Waals surface area contributed by atoms with E-state index < -0.39 is 24.4 Å². The van der Waals surface area contributed by atoms with Gasteiger partial charge in [-0.1, -0.05) is 135 Å². The molecule has 0 aromatic heterocycles. The maximum Gasteiger partial charge on any atom is 0.412 e. The Hall–Kier alpha value is -6.28. The zero-order valence-corrected chi connectivity index (χ0v) is 29.1. The molecule has 0 aliphatic heterocycles.